The van der Waals surface area contributed by atoms with Gasteiger partial charge in [-0.1, -0.05) is 29.8 Å². The van der Waals surface area contributed by atoms with Gasteiger partial charge in [0.2, 0.25) is 0 Å². The molecule has 0 saturated heterocycles. The Bertz CT molecular complexity index is 568. The second-order valence-electron chi connectivity index (χ2n) is 4.05. The monoisotopic (exact) mass is 346 g/mol. The van der Waals surface area contributed by atoms with Crippen molar-refractivity contribution < 1.29 is 4.39 Å². The molecule has 0 fully saturated rings. The van der Waals surface area contributed by atoms with Gasteiger partial charge in [-0.05, 0) is 40.2 Å². The van der Waals surface area contributed by atoms with Gasteiger partial charge in [0.25, 0.3) is 0 Å². The van der Waals surface area contributed by atoms with Gasteiger partial charge in [-0.3, -0.25) is 0 Å². The van der Waals surface area contributed by atoms with Crippen LogP contribution in [-0.4, -0.2) is 21.5 Å². The molecule has 0 bridgehead atoms. The van der Waals surface area contributed by atoms with Gasteiger partial charge in [-0.2, -0.15) is 0 Å². The Balaban J connectivity index is 2.51. The lowest BCUT2D eigenvalue weighted by Crippen LogP contribution is -2.25. The van der Waals surface area contributed by atoms with E-state index in [0.717, 1.165) is 17.8 Å². The number of rotatable bonds is 4. The first-order chi connectivity index (χ1) is 9.04. The molecule has 0 aliphatic carbocycles. The highest BCUT2D eigenvalue weighted by Crippen LogP contribution is 2.31. The Morgan fingerprint density at radius 2 is 2.26 bits per heavy atom. The number of halogens is 3. The summed E-state index contributed by atoms with van der Waals surface area (Å²) in [6, 6.07) is 4.17. The molecule has 1 aromatic heterocycles. The van der Waals surface area contributed by atoms with Gasteiger partial charge in [-0.25, -0.2) is 9.07 Å². The van der Waals surface area contributed by atoms with Gasteiger partial charge in [0.05, 0.1) is 11.7 Å². The molecular formula is C12H13BrClFN4. The number of hydrogen-bond acceptors (Lipinski definition) is 3. The summed E-state index contributed by atoms with van der Waals surface area (Å²) in [5.41, 5.74) is 1.63. The van der Waals surface area contributed by atoms with E-state index in [-0.39, 0.29) is 11.9 Å². The third-order valence-electron chi connectivity index (χ3n) is 2.78. The number of aromatic nitrogens is 3. The first-order valence-corrected chi connectivity index (χ1v) is 6.95. The van der Waals surface area contributed by atoms with Crippen molar-refractivity contribution in [3.63, 3.8) is 0 Å². The maximum atomic E-state index is 13.2. The molecule has 19 heavy (non-hydrogen) atoms. The van der Waals surface area contributed by atoms with Crippen LogP contribution in [-0.2, 0) is 7.05 Å². The summed E-state index contributed by atoms with van der Waals surface area (Å²) in [6.45, 7) is 2.72. The number of aryl methyl sites for hydroxylation is 1. The van der Waals surface area contributed by atoms with Crippen molar-refractivity contribution in [3.8, 4) is 0 Å². The Morgan fingerprint density at radius 3 is 2.79 bits per heavy atom. The molecule has 102 valence electrons. The molecule has 1 unspecified atom stereocenters. The normalized spacial score (nSPS) is 12.7. The van der Waals surface area contributed by atoms with E-state index < -0.39 is 0 Å². The summed E-state index contributed by atoms with van der Waals surface area (Å²) in [4.78, 5) is 0. The highest BCUT2D eigenvalue weighted by atomic mass is 79.9. The lowest BCUT2D eigenvalue weighted by Gasteiger charge is -2.19. The lowest BCUT2D eigenvalue weighted by atomic mass is 10.0. The van der Waals surface area contributed by atoms with Crippen molar-refractivity contribution in [2.45, 2.75) is 13.0 Å². The Morgan fingerprint density at radius 1 is 1.53 bits per heavy atom. The van der Waals surface area contributed by atoms with E-state index in [9.17, 15) is 4.39 Å². The molecule has 0 amide bonds. The van der Waals surface area contributed by atoms with Crippen molar-refractivity contribution >= 4 is 27.5 Å². The van der Waals surface area contributed by atoms with E-state index in [0.29, 0.717) is 9.63 Å². The molecule has 4 nitrogen and oxygen atoms in total. The SMILES string of the molecule is CCNC(c1ccc(F)cc1Cl)c1c(Br)nnn1C. The number of hydrogen-bond donors (Lipinski definition) is 1. The predicted octanol–water partition coefficient (Wildman–Crippen LogP) is 3.07. The molecule has 1 atom stereocenters. The standard InChI is InChI=1S/C12H13BrClFN4/c1-3-16-10(11-12(13)17-18-19(11)2)8-5-4-7(15)6-9(8)14/h4-6,10,16H,3H2,1-2H3. The number of nitrogens with zero attached hydrogens (tertiary/aromatic N) is 3. The van der Waals surface area contributed by atoms with Crippen LogP contribution < -0.4 is 5.32 Å². The van der Waals surface area contributed by atoms with Crippen LogP contribution in [0.15, 0.2) is 22.8 Å². The Labute approximate surface area is 124 Å². The van der Waals surface area contributed by atoms with E-state index in [1.807, 2.05) is 6.92 Å². The van der Waals surface area contributed by atoms with Gasteiger partial charge in [-0.15, -0.1) is 5.10 Å². The quantitative estimate of drug-likeness (QED) is 0.924. The molecule has 7 heteroatoms. The zero-order valence-corrected chi connectivity index (χ0v) is 12.8. The molecule has 0 aliphatic heterocycles. The van der Waals surface area contributed by atoms with E-state index in [4.69, 9.17) is 11.6 Å². The van der Waals surface area contributed by atoms with Gasteiger partial charge in [0.1, 0.15) is 5.82 Å². The summed E-state index contributed by atoms with van der Waals surface area (Å²) in [6.07, 6.45) is 0. The van der Waals surface area contributed by atoms with Crippen LogP contribution in [0, 0.1) is 5.82 Å². The topological polar surface area (TPSA) is 42.7 Å². The highest BCUT2D eigenvalue weighted by molar-refractivity contribution is 9.10. The average Bonchev–Trinajstić information content (AvgIpc) is 2.67. The third kappa shape index (κ3) is 2.96. The zero-order chi connectivity index (χ0) is 14.0. The summed E-state index contributed by atoms with van der Waals surface area (Å²) >= 11 is 9.51. The minimum absolute atomic E-state index is 0.201. The average molecular weight is 348 g/mol. The summed E-state index contributed by atoms with van der Waals surface area (Å²) in [5.74, 6) is -0.355. The van der Waals surface area contributed by atoms with Crippen molar-refractivity contribution in [2.24, 2.45) is 7.05 Å². The van der Waals surface area contributed by atoms with E-state index in [1.165, 1.54) is 12.1 Å². The van der Waals surface area contributed by atoms with Gasteiger partial charge >= 0.3 is 0 Å². The third-order valence-corrected chi connectivity index (χ3v) is 3.67. The molecule has 0 radical (unpaired) electrons. The molecule has 1 heterocycles. The smallest absolute Gasteiger partial charge is 0.153 e. The maximum Gasteiger partial charge on any atom is 0.153 e. The van der Waals surface area contributed by atoms with E-state index >= 15 is 0 Å². The number of nitrogens with one attached hydrogen (secondary N) is 1. The van der Waals surface area contributed by atoms with Gasteiger partial charge < -0.3 is 5.32 Å². The van der Waals surface area contributed by atoms with Crippen LogP contribution in [0.2, 0.25) is 5.02 Å². The highest BCUT2D eigenvalue weighted by Gasteiger charge is 2.23. The molecular weight excluding hydrogens is 335 g/mol. The van der Waals surface area contributed by atoms with Crippen LogP contribution in [0.25, 0.3) is 0 Å². The molecule has 0 saturated carbocycles. The summed E-state index contributed by atoms with van der Waals surface area (Å²) in [5, 5.41) is 11.6. The van der Waals surface area contributed by atoms with Gasteiger partial charge in [0, 0.05) is 12.1 Å². The van der Waals surface area contributed by atoms with Crippen LogP contribution in [0.5, 0.6) is 0 Å². The minimum atomic E-state index is -0.355. The molecule has 0 aliphatic rings. The van der Waals surface area contributed by atoms with Crippen LogP contribution in [0.1, 0.15) is 24.2 Å². The summed E-state index contributed by atoms with van der Waals surface area (Å²) in [7, 11) is 1.80. The van der Waals surface area contributed by atoms with Crippen LogP contribution >= 0.6 is 27.5 Å². The zero-order valence-electron chi connectivity index (χ0n) is 10.5. The van der Waals surface area contributed by atoms with Crippen LogP contribution in [0.4, 0.5) is 4.39 Å². The maximum absolute atomic E-state index is 13.2. The largest absolute Gasteiger partial charge is 0.305 e. The second-order valence-corrected chi connectivity index (χ2v) is 5.20. The van der Waals surface area contributed by atoms with E-state index in [1.54, 1.807) is 17.8 Å². The molecule has 2 aromatic rings. The first kappa shape index (κ1) is 14.4. The molecule has 1 aromatic carbocycles. The van der Waals surface area contributed by atoms with Gasteiger partial charge in [0.15, 0.2) is 4.60 Å². The Kier molecular flexibility index (Phi) is 4.54. The van der Waals surface area contributed by atoms with Crippen molar-refractivity contribution in [2.75, 3.05) is 6.54 Å². The number of benzene rings is 1. The fraction of sp³-hybridized carbons (Fsp3) is 0.333. The second kappa shape index (κ2) is 5.98. The first-order valence-electron chi connectivity index (χ1n) is 5.78. The fourth-order valence-corrected chi connectivity index (χ4v) is 2.77. The van der Waals surface area contributed by atoms with Crippen molar-refractivity contribution in [3.05, 3.63) is 44.9 Å². The van der Waals surface area contributed by atoms with Crippen molar-refractivity contribution in [1.29, 1.82) is 0 Å². The molecule has 1 N–H and O–H groups in total. The Hall–Kier alpha value is -0.980. The lowest BCUT2D eigenvalue weighted by molar-refractivity contribution is 0.565. The molecule has 0 spiro atoms. The van der Waals surface area contributed by atoms with Crippen LogP contribution in [0.3, 0.4) is 0 Å². The summed E-state index contributed by atoms with van der Waals surface area (Å²) < 4.78 is 15.5. The fourth-order valence-electron chi connectivity index (χ4n) is 1.94. The molecule has 2 rings (SSSR count). The van der Waals surface area contributed by atoms with Crippen molar-refractivity contribution in [1.82, 2.24) is 20.3 Å². The van der Waals surface area contributed by atoms with E-state index in [2.05, 4.69) is 31.6 Å². The minimum Gasteiger partial charge on any atom is -0.305 e. The predicted molar refractivity (Wildman–Crippen MR) is 75.6 cm³/mol.